The number of rotatable bonds is 4. The van der Waals surface area contributed by atoms with Gasteiger partial charge in [-0.3, -0.25) is 0 Å². The van der Waals surface area contributed by atoms with Crippen molar-refractivity contribution in [2.75, 3.05) is 0 Å². The quantitative estimate of drug-likeness (QED) is 0.577. The van der Waals surface area contributed by atoms with Gasteiger partial charge in [-0.05, 0) is 11.0 Å². The first kappa shape index (κ1) is 13.0. The second kappa shape index (κ2) is 4.45. The van der Waals surface area contributed by atoms with Gasteiger partial charge in [0.25, 0.3) is 0 Å². The van der Waals surface area contributed by atoms with E-state index in [9.17, 15) is 0 Å². The maximum atomic E-state index is 2.52. The third-order valence-corrected chi connectivity index (χ3v) is 8.39. The van der Waals surface area contributed by atoms with Crippen LogP contribution >= 0.6 is 0 Å². The highest BCUT2D eigenvalue weighted by Gasteiger charge is 2.34. The first-order valence-electron chi connectivity index (χ1n) is 5.42. The van der Waals surface area contributed by atoms with Gasteiger partial charge < -0.3 is 0 Å². The number of hydrogen-bond donors (Lipinski definition) is 0. The van der Waals surface area contributed by atoms with Gasteiger partial charge in [0.2, 0.25) is 0 Å². The van der Waals surface area contributed by atoms with Crippen LogP contribution in [0.2, 0.25) is 18.1 Å². The lowest BCUT2D eigenvalue weighted by atomic mass is 10.1. The van der Waals surface area contributed by atoms with E-state index >= 15 is 0 Å². The molecule has 13 heavy (non-hydrogen) atoms. The lowest BCUT2D eigenvalue weighted by Crippen LogP contribution is -2.36. The second-order valence-electron chi connectivity index (χ2n) is 5.56. The summed E-state index contributed by atoms with van der Waals surface area (Å²) < 4.78 is 0. The summed E-state index contributed by atoms with van der Waals surface area (Å²) in [5.41, 5.74) is 2.52. The van der Waals surface area contributed by atoms with E-state index in [0.717, 1.165) is 0 Å². The van der Waals surface area contributed by atoms with E-state index in [1.54, 1.807) is 0 Å². The Bertz CT molecular complexity index is 176. The van der Waals surface area contributed by atoms with Crippen LogP contribution < -0.4 is 0 Å². The van der Waals surface area contributed by atoms with Crippen LogP contribution in [0.1, 0.15) is 41.0 Å². The van der Waals surface area contributed by atoms with Crippen molar-refractivity contribution in [3.63, 3.8) is 0 Å². The van der Waals surface area contributed by atoms with Crippen molar-refractivity contribution < 1.29 is 0 Å². The van der Waals surface area contributed by atoms with Gasteiger partial charge in [0.15, 0.2) is 0 Å². The second-order valence-corrected chi connectivity index (χ2v) is 10.7. The molecule has 78 valence electrons. The van der Waals surface area contributed by atoms with Gasteiger partial charge in [0.05, 0.1) is 8.07 Å². The summed E-state index contributed by atoms with van der Waals surface area (Å²) in [4.78, 5) is 0. The van der Waals surface area contributed by atoms with Crippen LogP contribution in [-0.2, 0) is 0 Å². The smallest absolute Gasteiger partial charge is 0.0768 e. The van der Waals surface area contributed by atoms with Crippen LogP contribution in [0.25, 0.3) is 0 Å². The Morgan fingerprint density at radius 3 is 2.00 bits per heavy atom. The molecule has 0 saturated carbocycles. The van der Waals surface area contributed by atoms with Crippen molar-refractivity contribution in [2.24, 2.45) is 5.92 Å². The van der Waals surface area contributed by atoms with Crippen molar-refractivity contribution in [1.82, 2.24) is 0 Å². The summed E-state index contributed by atoms with van der Waals surface area (Å²) in [5, 5.41) is 0.526. The molecule has 0 bridgehead atoms. The number of allylic oxidation sites excluding steroid dienone is 1. The lowest BCUT2D eigenvalue weighted by Gasteiger charge is -2.37. The Balaban J connectivity index is 4.56. The topological polar surface area (TPSA) is 0 Å². The maximum absolute atomic E-state index is 2.52. The van der Waals surface area contributed by atoms with E-state index in [1.165, 1.54) is 6.42 Å². The monoisotopic (exact) mass is 198 g/mol. The van der Waals surface area contributed by atoms with Crippen molar-refractivity contribution in [3.8, 4) is 0 Å². The lowest BCUT2D eigenvalue weighted by molar-refractivity contribution is 0.624. The number of hydrogen-bond acceptors (Lipinski definition) is 0. The molecule has 0 aliphatic rings. The van der Waals surface area contributed by atoms with Gasteiger partial charge in [0.1, 0.15) is 0 Å². The van der Waals surface area contributed by atoms with Gasteiger partial charge in [-0.25, -0.2) is 0 Å². The molecule has 1 heteroatoms. The molecule has 0 aromatic heterocycles. The van der Waals surface area contributed by atoms with E-state index in [1.807, 2.05) is 0 Å². The van der Waals surface area contributed by atoms with Gasteiger partial charge in [0, 0.05) is 0 Å². The highest BCUT2D eigenvalue weighted by atomic mass is 28.3. The van der Waals surface area contributed by atoms with Crippen molar-refractivity contribution >= 4 is 8.07 Å². The average molecular weight is 198 g/mol. The molecule has 0 radical (unpaired) electrons. The first-order valence-corrected chi connectivity index (χ1v) is 8.50. The first-order chi connectivity index (χ1) is 5.73. The molecule has 0 spiro atoms. The molecule has 0 fully saturated rings. The fraction of sp³-hybridized carbons (Fsp3) is 0.833. The van der Waals surface area contributed by atoms with Crippen molar-refractivity contribution in [1.29, 1.82) is 0 Å². The molecule has 0 aromatic rings. The van der Waals surface area contributed by atoms with Crippen LogP contribution in [0, 0.1) is 5.92 Å². The molecule has 0 aromatic carbocycles. The Morgan fingerprint density at radius 1 is 1.23 bits per heavy atom. The average Bonchev–Trinajstić information content (AvgIpc) is 2.01. The summed E-state index contributed by atoms with van der Waals surface area (Å²) in [5.74, 6) is 0.694. The Morgan fingerprint density at radius 2 is 1.69 bits per heavy atom. The maximum Gasteiger partial charge on any atom is 0.0768 e. The normalized spacial score (nSPS) is 14.5. The van der Waals surface area contributed by atoms with Crippen LogP contribution in [-0.4, -0.2) is 8.07 Å². The zero-order valence-electron chi connectivity index (χ0n) is 10.4. The third-order valence-electron chi connectivity index (χ3n) is 3.53. The summed E-state index contributed by atoms with van der Waals surface area (Å²) in [6, 6.07) is 0. The minimum atomic E-state index is -1.17. The van der Waals surface area contributed by atoms with Crippen LogP contribution in [0.4, 0.5) is 0 Å². The van der Waals surface area contributed by atoms with E-state index in [4.69, 9.17) is 0 Å². The molecule has 0 N–H and O–H groups in total. The minimum absolute atomic E-state index is 0.526. The zero-order chi connectivity index (χ0) is 10.7. The molecule has 0 amide bonds. The zero-order valence-corrected chi connectivity index (χ0v) is 11.4. The van der Waals surface area contributed by atoms with E-state index in [2.05, 4.69) is 59.5 Å². The molecular weight excluding hydrogens is 172 g/mol. The summed E-state index contributed by atoms with van der Waals surface area (Å²) >= 11 is 0. The molecule has 0 rings (SSSR count). The molecule has 0 saturated heterocycles. The molecule has 0 unspecified atom stereocenters. The van der Waals surface area contributed by atoms with Gasteiger partial charge in [-0.1, -0.05) is 65.9 Å². The molecule has 0 aliphatic heterocycles. The van der Waals surface area contributed by atoms with Crippen LogP contribution in [0.15, 0.2) is 11.8 Å². The Hall–Kier alpha value is -0.0431. The summed E-state index contributed by atoms with van der Waals surface area (Å²) in [6.45, 7) is 16.6. The standard InChI is InChI=1S/C12H26Si/c1-8-12(4,5)13(6,7)10-9-11(2)3/h9-11H,8H2,1-7H3. The van der Waals surface area contributed by atoms with Gasteiger partial charge >= 0.3 is 0 Å². The predicted octanol–water partition coefficient (Wildman–Crippen LogP) is 4.64. The van der Waals surface area contributed by atoms with Gasteiger partial charge in [-0.2, -0.15) is 0 Å². The molecule has 0 nitrogen and oxygen atoms in total. The molecule has 0 aliphatic carbocycles. The predicted molar refractivity (Wildman–Crippen MR) is 65.8 cm³/mol. The summed E-state index contributed by atoms with van der Waals surface area (Å²) in [6.07, 6.45) is 3.66. The summed E-state index contributed by atoms with van der Waals surface area (Å²) in [7, 11) is -1.17. The van der Waals surface area contributed by atoms with E-state index < -0.39 is 8.07 Å². The SMILES string of the molecule is CCC(C)(C)[Si](C)(C)C=CC(C)C. The van der Waals surface area contributed by atoms with Gasteiger partial charge in [-0.15, -0.1) is 0 Å². The fourth-order valence-corrected chi connectivity index (χ4v) is 3.34. The van der Waals surface area contributed by atoms with E-state index in [0.29, 0.717) is 11.0 Å². The van der Waals surface area contributed by atoms with E-state index in [-0.39, 0.29) is 0 Å². The highest BCUT2D eigenvalue weighted by molar-refractivity contribution is 6.84. The largest absolute Gasteiger partial charge is 0.0979 e. The highest BCUT2D eigenvalue weighted by Crippen LogP contribution is 2.40. The third kappa shape index (κ3) is 3.68. The van der Waals surface area contributed by atoms with Crippen LogP contribution in [0.3, 0.4) is 0 Å². The van der Waals surface area contributed by atoms with Crippen molar-refractivity contribution in [2.45, 2.75) is 59.2 Å². The molecule has 0 atom stereocenters. The Kier molecular flexibility index (Phi) is 4.44. The van der Waals surface area contributed by atoms with Crippen molar-refractivity contribution in [3.05, 3.63) is 11.8 Å². The minimum Gasteiger partial charge on any atom is -0.0979 e. The fourth-order valence-electron chi connectivity index (χ4n) is 1.11. The molecular formula is C12H26Si. The molecule has 0 heterocycles. The van der Waals surface area contributed by atoms with Crippen LogP contribution in [0.5, 0.6) is 0 Å². The Labute approximate surface area is 85.4 Å².